The lowest BCUT2D eigenvalue weighted by molar-refractivity contribution is -0.135. The second-order valence-corrected chi connectivity index (χ2v) is 6.89. The monoisotopic (exact) mass is 406 g/mol. The number of nitrogens with zero attached hydrogens (tertiary/aromatic N) is 2. The maximum Gasteiger partial charge on any atom is 0.333 e. The summed E-state index contributed by atoms with van der Waals surface area (Å²) in [7, 11) is 0. The van der Waals surface area contributed by atoms with E-state index in [-0.39, 0.29) is 33.8 Å². The maximum atomic E-state index is 14.0. The molecule has 0 spiro atoms. The zero-order valence-corrected chi connectivity index (χ0v) is 16.9. The molecule has 0 radical (unpaired) electrons. The van der Waals surface area contributed by atoms with Gasteiger partial charge in [0.1, 0.15) is 17.0 Å². The molecule has 0 saturated carbocycles. The Bertz CT molecular complexity index is 1020. The van der Waals surface area contributed by atoms with Gasteiger partial charge in [-0.15, -0.1) is 11.3 Å². The summed E-state index contributed by atoms with van der Waals surface area (Å²) in [6.07, 6.45) is 2.60. The Morgan fingerprint density at radius 1 is 1.21 bits per heavy atom. The van der Waals surface area contributed by atoms with Gasteiger partial charge in [0.15, 0.2) is 0 Å². The number of thiazole rings is 1. The van der Waals surface area contributed by atoms with Crippen LogP contribution in [0.2, 0.25) is 0 Å². The number of carbonyl (C=O) groups excluding carboxylic acids is 2. The molecule has 0 saturated heterocycles. The molecule has 0 aliphatic rings. The third kappa shape index (κ3) is 5.16. The number of rotatable bonds is 7. The summed E-state index contributed by atoms with van der Waals surface area (Å²) in [6, 6.07) is 6.07. The van der Waals surface area contributed by atoms with Crippen molar-refractivity contribution >= 4 is 35.4 Å². The quantitative estimate of drug-likeness (QED) is 0.646. The molecule has 1 heterocycles. The largest absolute Gasteiger partial charge is 0.463 e. The summed E-state index contributed by atoms with van der Waals surface area (Å²) >= 11 is 1.01. The highest BCUT2D eigenvalue weighted by Gasteiger charge is 2.15. The lowest BCUT2D eigenvalue weighted by Crippen LogP contribution is -2.40. The molecule has 0 atom stereocenters. The fraction of sp³-hybridized carbons (Fsp3) is 0.350. The van der Waals surface area contributed by atoms with E-state index in [0.717, 1.165) is 11.3 Å². The molecule has 6 nitrogen and oxygen atoms in total. The number of hydrogen-bond donors (Lipinski definition) is 0. The van der Waals surface area contributed by atoms with Gasteiger partial charge in [-0.3, -0.25) is 14.2 Å². The number of ether oxygens (including phenoxy) is 1. The molecule has 0 unspecified atom stereocenters. The summed E-state index contributed by atoms with van der Waals surface area (Å²) in [5.74, 6) is -1.30. The van der Waals surface area contributed by atoms with Crippen LogP contribution in [0.3, 0.4) is 0 Å². The third-order valence-corrected chi connectivity index (χ3v) is 5.13. The predicted octanol–water partition coefficient (Wildman–Crippen LogP) is 1.09. The second-order valence-electron chi connectivity index (χ2n) is 5.82. The fourth-order valence-electron chi connectivity index (χ4n) is 2.62. The number of amides is 1. The Labute approximate surface area is 166 Å². The fourth-order valence-corrected chi connectivity index (χ4v) is 3.64. The van der Waals surface area contributed by atoms with Gasteiger partial charge in [-0.2, -0.15) is 0 Å². The van der Waals surface area contributed by atoms with Crippen molar-refractivity contribution in [2.45, 2.75) is 27.3 Å². The van der Waals surface area contributed by atoms with E-state index >= 15 is 0 Å². The molecule has 28 heavy (non-hydrogen) atoms. The lowest BCUT2D eigenvalue weighted by Gasteiger charge is -2.18. The number of esters is 1. The van der Waals surface area contributed by atoms with Gasteiger partial charge >= 0.3 is 5.97 Å². The zero-order valence-electron chi connectivity index (χ0n) is 16.1. The zero-order chi connectivity index (χ0) is 20.7. The van der Waals surface area contributed by atoms with E-state index in [0.29, 0.717) is 13.1 Å². The molecule has 0 aliphatic carbocycles. The van der Waals surface area contributed by atoms with Crippen molar-refractivity contribution in [2.75, 3.05) is 19.7 Å². The molecule has 0 N–H and O–H groups in total. The Morgan fingerprint density at radius 2 is 1.89 bits per heavy atom. The van der Waals surface area contributed by atoms with Crippen molar-refractivity contribution in [3.63, 3.8) is 0 Å². The van der Waals surface area contributed by atoms with Crippen molar-refractivity contribution in [3.05, 3.63) is 55.2 Å². The molecule has 0 fully saturated rings. The van der Waals surface area contributed by atoms with Crippen LogP contribution in [0.15, 0.2) is 29.1 Å². The van der Waals surface area contributed by atoms with E-state index in [4.69, 9.17) is 4.74 Å². The van der Waals surface area contributed by atoms with Crippen molar-refractivity contribution in [1.82, 2.24) is 9.47 Å². The van der Waals surface area contributed by atoms with Crippen molar-refractivity contribution in [1.29, 1.82) is 0 Å². The Hall–Kier alpha value is -2.74. The van der Waals surface area contributed by atoms with Crippen molar-refractivity contribution in [2.24, 2.45) is 0 Å². The van der Waals surface area contributed by atoms with Crippen LogP contribution in [-0.4, -0.2) is 41.0 Å². The van der Waals surface area contributed by atoms with E-state index in [9.17, 15) is 18.8 Å². The molecule has 8 heteroatoms. The van der Waals surface area contributed by atoms with Gasteiger partial charge in [0.25, 0.3) is 5.56 Å². The maximum absolute atomic E-state index is 14.0. The molecular weight excluding hydrogens is 383 g/mol. The van der Waals surface area contributed by atoms with E-state index in [1.54, 1.807) is 30.0 Å². The molecule has 0 bridgehead atoms. The average Bonchev–Trinajstić information content (AvgIpc) is 2.93. The van der Waals surface area contributed by atoms with Crippen LogP contribution in [0.4, 0.5) is 4.39 Å². The molecule has 2 rings (SSSR count). The summed E-state index contributed by atoms with van der Waals surface area (Å²) in [6.45, 7) is 6.39. The Balaban J connectivity index is 2.60. The summed E-state index contributed by atoms with van der Waals surface area (Å²) in [4.78, 5) is 38.8. The number of aromatic nitrogens is 1. The van der Waals surface area contributed by atoms with Crippen LogP contribution in [0, 0.1) is 5.82 Å². The molecule has 0 aliphatic heterocycles. The van der Waals surface area contributed by atoms with Crippen LogP contribution >= 0.6 is 11.3 Å². The van der Waals surface area contributed by atoms with E-state index in [1.807, 2.05) is 13.8 Å². The Morgan fingerprint density at radius 3 is 2.50 bits per heavy atom. The summed E-state index contributed by atoms with van der Waals surface area (Å²) in [5.41, 5.74) is -0.199. The minimum absolute atomic E-state index is 0.192. The molecule has 2 aromatic rings. The molecule has 1 aromatic heterocycles. The predicted molar refractivity (Wildman–Crippen MR) is 107 cm³/mol. The molecule has 1 aromatic carbocycles. The van der Waals surface area contributed by atoms with Gasteiger partial charge in [-0.1, -0.05) is 18.2 Å². The highest BCUT2D eigenvalue weighted by atomic mass is 32.1. The van der Waals surface area contributed by atoms with Crippen LogP contribution < -0.4 is 14.8 Å². The summed E-state index contributed by atoms with van der Waals surface area (Å²) in [5, 5.41) is 0. The number of benzene rings is 1. The number of likely N-dealkylation sites (N-methyl/N-ethyl adjacent to an activating group) is 1. The topological polar surface area (TPSA) is 68.6 Å². The van der Waals surface area contributed by atoms with Gasteiger partial charge in [0, 0.05) is 18.7 Å². The average molecular weight is 406 g/mol. The third-order valence-electron chi connectivity index (χ3n) is 4.07. The van der Waals surface area contributed by atoms with Crippen molar-refractivity contribution in [3.8, 4) is 0 Å². The van der Waals surface area contributed by atoms with Gasteiger partial charge < -0.3 is 9.64 Å². The molecule has 1 amide bonds. The van der Waals surface area contributed by atoms with E-state index < -0.39 is 17.3 Å². The molecular formula is C20H23FN2O4S. The highest BCUT2D eigenvalue weighted by Crippen LogP contribution is 2.06. The number of carbonyl (C=O) groups is 2. The van der Waals surface area contributed by atoms with Crippen LogP contribution in [0.1, 0.15) is 26.3 Å². The van der Waals surface area contributed by atoms with Gasteiger partial charge in [0.2, 0.25) is 5.91 Å². The first kappa shape index (κ1) is 21.6. The Kier molecular flexibility index (Phi) is 7.69. The highest BCUT2D eigenvalue weighted by molar-refractivity contribution is 7.07. The second kappa shape index (κ2) is 9.98. The van der Waals surface area contributed by atoms with E-state index in [2.05, 4.69) is 0 Å². The first-order chi connectivity index (χ1) is 13.4. The normalized spacial score (nSPS) is 12.3. The van der Waals surface area contributed by atoms with Crippen LogP contribution in [0.25, 0.3) is 12.2 Å². The minimum Gasteiger partial charge on any atom is -0.463 e. The van der Waals surface area contributed by atoms with Crippen molar-refractivity contribution < 1.29 is 18.7 Å². The first-order valence-corrected chi connectivity index (χ1v) is 9.85. The summed E-state index contributed by atoms with van der Waals surface area (Å²) < 4.78 is 20.6. The standard InChI is InChI=1S/C20H23FN2O4S/c1-4-22(5-2)17(24)13-23-18(12-19(25)27-6-3)28-16(20(23)26)11-14-9-7-8-10-15(14)21/h7-12H,4-6,13H2,1-3H3/b16-11-,18-12-. The molecule has 150 valence electrons. The van der Waals surface area contributed by atoms with Gasteiger partial charge in [0.05, 0.1) is 17.2 Å². The van der Waals surface area contributed by atoms with E-state index in [1.165, 1.54) is 22.8 Å². The number of hydrogen-bond acceptors (Lipinski definition) is 5. The van der Waals surface area contributed by atoms with Crippen LogP contribution in [0.5, 0.6) is 0 Å². The smallest absolute Gasteiger partial charge is 0.333 e. The SMILES string of the molecule is CCOC(=O)/C=c1\s/c(=C\c2ccccc2F)c(=O)n1CC(=O)N(CC)CC. The minimum atomic E-state index is -0.606. The van der Waals surface area contributed by atoms with Crippen LogP contribution in [-0.2, 0) is 20.9 Å². The number of halogens is 1. The van der Waals surface area contributed by atoms with Gasteiger partial charge in [-0.25, -0.2) is 9.18 Å². The van der Waals surface area contributed by atoms with Gasteiger partial charge in [-0.05, 0) is 32.9 Å². The first-order valence-electron chi connectivity index (χ1n) is 9.03. The lowest BCUT2D eigenvalue weighted by atomic mass is 10.2.